The Morgan fingerprint density at radius 3 is 2.71 bits per heavy atom. The summed E-state index contributed by atoms with van der Waals surface area (Å²) in [6.45, 7) is 2.12. The number of hydrogen-bond acceptors (Lipinski definition) is 3. The van der Waals surface area contributed by atoms with Crippen LogP contribution in [0.4, 0.5) is 0 Å². The molecule has 0 aliphatic heterocycles. The van der Waals surface area contributed by atoms with E-state index in [2.05, 4.69) is 35.4 Å². The minimum atomic E-state index is 0.0906. The Labute approximate surface area is 101 Å². The van der Waals surface area contributed by atoms with Crippen molar-refractivity contribution in [3.63, 3.8) is 0 Å². The van der Waals surface area contributed by atoms with Gasteiger partial charge >= 0.3 is 0 Å². The summed E-state index contributed by atoms with van der Waals surface area (Å²) in [7, 11) is 1.86. The van der Waals surface area contributed by atoms with E-state index in [-0.39, 0.29) is 6.04 Å². The lowest BCUT2D eigenvalue weighted by Gasteiger charge is -2.11. The molecule has 0 aliphatic rings. The Balaban J connectivity index is 1.98. The smallest absolute Gasteiger partial charge is 0.0842 e. The molecule has 4 nitrogen and oxygen atoms in total. The van der Waals surface area contributed by atoms with Gasteiger partial charge in [0.25, 0.3) is 0 Å². The van der Waals surface area contributed by atoms with Crippen molar-refractivity contribution < 1.29 is 0 Å². The molecule has 0 saturated heterocycles. The van der Waals surface area contributed by atoms with Crippen molar-refractivity contribution in [2.24, 2.45) is 12.8 Å². The average molecular weight is 230 g/mol. The molecule has 0 radical (unpaired) electrons. The monoisotopic (exact) mass is 230 g/mol. The molecular formula is C13H18N4. The summed E-state index contributed by atoms with van der Waals surface area (Å²) in [6, 6.07) is 8.44. The Bertz CT molecular complexity index is 490. The van der Waals surface area contributed by atoms with Crippen molar-refractivity contribution in [2.45, 2.75) is 25.8 Å². The molecule has 17 heavy (non-hydrogen) atoms. The molecule has 0 amide bonds. The maximum Gasteiger partial charge on any atom is 0.0842 e. The standard InChI is InChI=1S/C13H18N4/c1-10-5-3-4-6-11(10)7-12(14)8-13-9-17(2)16-15-13/h3-6,9,12H,7-8,14H2,1-2H3. The third kappa shape index (κ3) is 3.14. The molecule has 0 spiro atoms. The quantitative estimate of drug-likeness (QED) is 0.859. The van der Waals surface area contributed by atoms with Gasteiger partial charge in [0.05, 0.1) is 5.69 Å². The summed E-state index contributed by atoms with van der Waals surface area (Å²) in [5.74, 6) is 0. The minimum absolute atomic E-state index is 0.0906. The fourth-order valence-corrected chi connectivity index (χ4v) is 1.95. The lowest BCUT2D eigenvalue weighted by Crippen LogP contribution is -2.26. The summed E-state index contributed by atoms with van der Waals surface area (Å²) >= 11 is 0. The second kappa shape index (κ2) is 5.10. The average Bonchev–Trinajstić information content (AvgIpc) is 2.67. The topological polar surface area (TPSA) is 56.7 Å². The van der Waals surface area contributed by atoms with Crippen LogP contribution >= 0.6 is 0 Å². The number of aromatic nitrogens is 3. The summed E-state index contributed by atoms with van der Waals surface area (Å²) in [5, 5.41) is 7.96. The summed E-state index contributed by atoms with van der Waals surface area (Å²) in [4.78, 5) is 0. The second-order valence-electron chi connectivity index (χ2n) is 4.48. The van der Waals surface area contributed by atoms with Gasteiger partial charge in [-0.25, -0.2) is 0 Å². The molecule has 1 atom stereocenters. The van der Waals surface area contributed by atoms with Gasteiger partial charge in [-0.3, -0.25) is 4.68 Å². The first-order valence-electron chi connectivity index (χ1n) is 5.80. The van der Waals surface area contributed by atoms with Crippen molar-refractivity contribution in [3.8, 4) is 0 Å². The van der Waals surface area contributed by atoms with Crippen LogP contribution in [0.15, 0.2) is 30.5 Å². The fourth-order valence-electron chi connectivity index (χ4n) is 1.95. The SMILES string of the molecule is Cc1ccccc1CC(N)Cc1cn(C)nn1. The normalized spacial score (nSPS) is 12.6. The summed E-state index contributed by atoms with van der Waals surface area (Å²) in [5.41, 5.74) is 9.69. The van der Waals surface area contributed by atoms with Gasteiger partial charge in [-0.1, -0.05) is 29.5 Å². The lowest BCUT2D eigenvalue weighted by atomic mass is 9.99. The van der Waals surface area contributed by atoms with E-state index in [0.717, 1.165) is 18.5 Å². The van der Waals surface area contributed by atoms with Crippen molar-refractivity contribution in [1.82, 2.24) is 15.0 Å². The molecule has 1 aromatic heterocycles. The maximum absolute atomic E-state index is 6.14. The number of aryl methyl sites for hydroxylation is 2. The molecule has 4 heteroatoms. The zero-order valence-electron chi connectivity index (χ0n) is 10.3. The van der Waals surface area contributed by atoms with Crippen LogP contribution in [0.2, 0.25) is 0 Å². The van der Waals surface area contributed by atoms with Gasteiger partial charge in [0, 0.05) is 25.7 Å². The van der Waals surface area contributed by atoms with Crippen LogP contribution in [0.5, 0.6) is 0 Å². The fraction of sp³-hybridized carbons (Fsp3) is 0.385. The van der Waals surface area contributed by atoms with Crippen molar-refractivity contribution in [2.75, 3.05) is 0 Å². The molecule has 2 rings (SSSR count). The van der Waals surface area contributed by atoms with Crippen LogP contribution in [0.1, 0.15) is 16.8 Å². The first kappa shape index (κ1) is 11.8. The van der Waals surface area contributed by atoms with Gasteiger partial charge in [0.15, 0.2) is 0 Å². The highest BCUT2D eigenvalue weighted by Crippen LogP contribution is 2.10. The van der Waals surface area contributed by atoms with Gasteiger partial charge in [-0.2, -0.15) is 0 Å². The summed E-state index contributed by atoms with van der Waals surface area (Å²) < 4.78 is 1.70. The molecule has 0 saturated carbocycles. The molecule has 0 fully saturated rings. The maximum atomic E-state index is 6.14. The third-order valence-corrected chi connectivity index (χ3v) is 2.86. The first-order valence-corrected chi connectivity index (χ1v) is 5.80. The van der Waals surface area contributed by atoms with E-state index in [9.17, 15) is 0 Å². The number of benzene rings is 1. The van der Waals surface area contributed by atoms with E-state index in [4.69, 9.17) is 5.73 Å². The van der Waals surface area contributed by atoms with Crippen LogP contribution in [-0.2, 0) is 19.9 Å². The van der Waals surface area contributed by atoms with E-state index in [1.807, 2.05) is 19.3 Å². The van der Waals surface area contributed by atoms with E-state index in [1.165, 1.54) is 11.1 Å². The minimum Gasteiger partial charge on any atom is -0.327 e. The van der Waals surface area contributed by atoms with Gasteiger partial charge in [0.2, 0.25) is 0 Å². The molecule has 1 unspecified atom stereocenters. The van der Waals surface area contributed by atoms with Gasteiger partial charge in [-0.05, 0) is 24.5 Å². The number of nitrogens with two attached hydrogens (primary N) is 1. The molecule has 2 N–H and O–H groups in total. The number of nitrogens with zero attached hydrogens (tertiary/aromatic N) is 3. The van der Waals surface area contributed by atoms with Crippen LogP contribution < -0.4 is 5.73 Å². The van der Waals surface area contributed by atoms with Gasteiger partial charge < -0.3 is 5.73 Å². The molecule has 90 valence electrons. The molecule has 0 aliphatic carbocycles. The van der Waals surface area contributed by atoms with Crippen LogP contribution in [0.3, 0.4) is 0 Å². The zero-order chi connectivity index (χ0) is 12.3. The first-order chi connectivity index (χ1) is 8.15. The number of hydrogen-bond donors (Lipinski definition) is 1. The van der Waals surface area contributed by atoms with E-state index in [0.29, 0.717) is 0 Å². The number of rotatable bonds is 4. The van der Waals surface area contributed by atoms with Crippen molar-refractivity contribution in [3.05, 3.63) is 47.3 Å². The highest BCUT2D eigenvalue weighted by Gasteiger charge is 2.09. The van der Waals surface area contributed by atoms with Gasteiger partial charge in [0.1, 0.15) is 0 Å². The molecule has 0 bridgehead atoms. The van der Waals surface area contributed by atoms with Crippen LogP contribution in [0, 0.1) is 6.92 Å². The zero-order valence-corrected chi connectivity index (χ0v) is 10.3. The van der Waals surface area contributed by atoms with E-state index in [1.54, 1.807) is 4.68 Å². The summed E-state index contributed by atoms with van der Waals surface area (Å²) in [6.07, 6.45) is 3.56. The van der Waals surface area contributed by atoms with E-state index < -0.39 is 0 Å². The Kier molecular flexibility index (Phi) is 3.54. The lowest BCUT2D eigenvalue weighted by molar-refractivity contribution is 0.649. The predicted octanol–water partition coefficient (Wildman–Crippen LogP) is 1.24. The Morgan fingerprint density at radius 1 is 1.29 bits per heavy atom. The third-order valence-electron chi connectivity index (χ3n) is 2.86. The van der Waals surface area contributed by atoms with Crippen LogP contribution in [0.25, 0.3) is 0 Å². The highest BCUT2D eigenvalue weighted by molar-refractivity contribution is 5.26. The Morgan fingerprint density at radius 2 is 2.06 bits per heavy atom. The molecule has 2 aromatic rings. The highest BCUT2D eigenvalue weighted by atomic mass is 15.4. The predicted molar refractivity (Wildman–Crippen MR) is 67.6 cm³/mol. The van der Waals surface area contributed by atoms with Gasteiger partial charge in [-0.15, -0.1) is 5.10 Å². The molecule has 1 aromatic carbocycles. The van der Waals surface area contributed by atoms with Crippen molar-refractivity contribution in [1.29, 1.82) is 0 Å². The Hall–Kier alpha value is -1.68. The largest absolute Gasteiger partial charge is 0.327 e. The van der Waals surface area contributed by atoms with E-state index >= 15 is 0 Å². The second-order valence-corrected chi connectivity index (χ2v) is 4.48. The van der Waals surface area contributed by atoms with Crippen molar-refractivity contribution >= 4 is 0 Å². The van der Waals surface area contributed by atoms with Crippen LogP contribution in [-0.4, -0.2) is 21.0 Å². The molecule has 1 heterocycles. The molecular weight excluding hydrogens is 212 g/mol.